The molecule has 2 aromatic rings. The van der Waals surface area contributed by atoms with Gasteiger partial charge in [-0.1, -0.05) is 18.2 Å². The maximum Gasteiger partial charge on any atom is 0.226 e. The van der Waals surface area contributed by atoms with E-state index in [9.17, 15) is 4.79 Å². The molecule has 1 aromatic carbocycles. The molecular formula is C11H12N2O. The highest BCUT2D eigenvalue weighted by Crippen LogP contribution is 2.20. The second-order valence-corrected chi connectivity index (χ2v) is 3.44. The summed E-state index contributed by atoms with van der Waals surface area (Å²) in [6.45, 7) is 1.80. The zero-order valence-electron chi connectivity index (χ0n) is 7.95. The van der Waals surface area contributed by atoms with E-state index in [2.05, 4.69) is 4.98 Å². The maximum atomic E-state index is 11.0. The Balaban J connectivity index is 2.50. The second kappa shape index (κ2) is 3.18. The number of nitrogens with two attached hydrogens (primary N) is 1. The molecule has 0 fully saturated rings. The van der Waals surface area contributed by atoms with Crippen molar-refractivity contribution in [2.75, 3.05) is 0 Å². The lowest BCUT2D eigenvalue weighted by atomic mass is 10.1. The number of H-pyrrole nitrogens is 1. The summed E-state index contributed by atoms with van der Waals surface area (Å²) in [7, 11) is 0. The van der Waals surface area contributed by atoms with Crippen LogP contribution in [0, 0.1) is 0 Å². The van der Waals surface area contributed by atoms with E-state index >= 15 is 0 Å². The smallest absolute Gasteiger partial charge is 0.226 e. The Kier molecular flexibility index (Phi) is 2.00. The Morgan fingerprint density at radius 1 is 1.43 bits per heavy atom. The van der Waals surface area contributed by atoms with E-state index < -0.39 is 0 Å². The first kappa shape index (κ1) is 8.81. The van der Waals surface area contributed by atoms with Crippen molar-refractivity contribution in [3.05, 3.63) is 36.0 Å². The molecule has 72 valence electrons. The molecule has 1 heterocycles. The lowest BCUT2D eigenvalue weighted by molar-refractivity contribution is -0.119. The Morgan fingerprint density at radius 2 is 2.14 bits per heavy atom. The van der Waals surface area contributed by atoms with Gasteiger partial charge in [0.1, 0.15) is 0 Å². The van der Waals surface area contributed by atoms with Gasteiger partial charge in [-0.3, -0.25) is 4.79 Å². The van der Waals surface area contributed by atoms with E-state index in [4.69, 9.17) is 5.73 Å². The maximum absolute atomic E-state index is 11.0. The SMILES string of the molecule is CC(C(N)=O)c1cc2ccccc2[nH]1. The Labute approximate surface area is 81.9 Å². The molecule has 0 spiro atoms. The summed E-state index contributed by atoms with van der Waals surface area (Å²) in [6.07, 6.45) is 0. The van der Waals surface area contributed by atoms with Crippen LogP contribution < -0.4 is 5.73 Å². The van der Waals surface area contributed by atoms with Crippen molar-refractivity contribution in [1.29, 1.82) is 0 Å². The average molecular weight is 188 g/mol. The fraction of sp³-hybridized carbons (Fsp3) is 0.182. The predicted octanol–water partition coefficient (Wildman–Crippen LogP) is 1.76. The highest BCUT2D eigenvalue weighted by Gasteiger charge is 2.13. The van der Waals surface area contributed by atoms with Crippen LogP contribution in [0.5, 0.6) is 0 Å². The molecule has 0 radical (unpaired) electrons. The van der Waals surface area contributed by atoms with Crippen molar-refractivity contribution in [3.63, 3.8) is 0 Å². The molecule has 0 aliphatic carbocycles. The number of nitrogens with one attached hydrogen (secondary N) is 1. The van der Waals surface area contributed by atoms with Crippen LogP contribution in [0.25, 0.3) is 10.9 Å². The van der Waals surface area contributed by atoms with Gasteiger partial charge in [0.05, 0.1) is 5.92 Å². The number of amides is 1. The quantitative estimate of drug-likeness (QED) is 0.741. The Bertz CT molecular complexity index is 440. The molecule has 14 heavy (non-hydrogen) atoms. The Hall–Kier alpha value is -1.77. The van der Waals surface area contributed by atoms with Crippen molar-refractivity contribution in [3.8, 4) is 0 Å². The molecule has 3 nitrogen and oxygen atoms in total. The zero-order chi connectivity index (χ0) is 10.1. The number of aromatic nitrogens is 1. The van der Waals surface area contributed by atoms with E-state index in [0.717, 1.165) is 16.6 Å². The van der Waals surface area contributed by atoms with Crippen molar-refractivity contribution in [2.24, 2.45) is 5.73 Å². The molecule has 3 N–H and O–H groups in total. The minimum absolute atomic E-state index is 0.262. The average Bonchev–Trinajstić information content (AvgIpc) is 2.59. The fourth-order valence-electron chi connectivity index (χ4n) is 1.48. The van der Waals surface area contributed by atoms with Gasteiger partial charge in [0.2, 0.25) is 5.91 Å². The lowest BCUT2D eigenvalue weighted by Crippen LogP contribution is -2.18. The van der Waals surface area contributed by atoms with Crippen LogP contribution in [0.1, 0.15) is 18.5 Å². The van der Waals surface area contributed by atoms with E-state index in [1.165, 1.54) is 0 Å². The summed E-state index contributed by atoms with van der Waals surface area (Å²) in [4.78, 5) is 14.2. The molecule has 2 rings (SSSR count). The number of para-hydroxylation sites is 1. The number of aromatic amines is 1. The van der Waals surface area contributed by atoms with Crippen LogP contribution in [0.3, 0.4) is 0 Å². The van der Waals surface area contributed by atoms with Crippen LogP contribution >= 0.6 is 0 Å². The van der Waals surface area contributed by atoms with E-state index in [1.54, 1.807) is 6.92 Å². The number of rotatable bonds is 2. The van der Waals surface area contributed by atoms with Gasteiger partial charge in [-0.05, 0) is 24.4 Å². The molecule has 1 aromatic heterocycles. The number of hydrogen-bond acceptors (Lipinski definition) is 1. The molecule has 1 unspecified atom stereocenters. The van der Waals surface area contributed by atoms with E-state index in [1.807, 2.05) is 30.3 Å². The molecule has 1 atom stereocenters. The van der Waals surface area contributed by atoms with Crippen LogP contribution in [0.4, 0.5) is 0 Å². The lowest BCUT2D eigenvalue weighted by Gasteiger charge is -2.02. The van der Waals surface area contributed by atoms with Gasteiger partial charge in [0.15, 0.2) is 0 Å². The van der Waals surface area contributed by atoms with Gasteiger partial charge in [-0.2, -0.15) is 0 Å². The normalized spacial score (nSPS) is 12.9. The van der Waals surface area contributed by atoms with E-state index in [0.29, 0.717) is 0 Å². The number of carbonyl (C=O) groups is 1. The number of carbonyl (C=O) groups excluding carboxylic acids is 1. The minimum atomic E-state index is -0.309. The molecule has 0 saturated carbocycles. The van der Waals surface area contributed by atoms with Crippen LogP contribution in [0.15, 0.2) is 30.3 Å². The summed E-state index contributed by atoms with van der Waals surface area (Å²) in [5.74, 6) is -0.570. The number of hydrogen-bond donors (Lipinski definition) is 2. The van der Waals surface area contributed by atoms with Gasteiger partial charge >= 0.3 is 0 Å². The van der Waals surface area contributed by atoms with Gasteiger partial charge in [-0.15, -0.1) is 0 Å². The molecule has 0 bridgehead atoms. The van der Waals surface area contributed by atoms with Crippen LogP contribution in [0.2, 0.25) is 0 Å². The Morgan fingerprint density at radius 3 is 2.79 bits per heavy atom. The van der Waals surface area contributed by atoms with Crippen molar-refractivity contribution < 1.29 is 4.79 Å². The zero-order valence-corrected chi connectivity index (χ0v) is 7.95. The van der Waals surface area contributed by atoms with Crippen molar-refractivity contribution in [1.82, 2.24) is 4.98 Å². The highest BCUT2D eigenvalue weighted by molar-refractivity contribution is 5.85. The summed E-state index contributed by atoms with van der Waals surface area (Å²) in [5.41, 5.74) is 7.14. The summed E-state index contributed by atoms with van der Waals surface area (Å²) in [6, 6.07) is 9.87. The minimum Gasteiger partial charge on any atom is -0.369 e. The number of benzene rings is 1. The monoisotopic (exact) mass is 188 g/mol. The first-order chi connectivity index (χ1) is 6.68. The first-order valence-corrected chi connectivity index (χ1v) is 4.55. The van der Waals surface area contributed by atoms with Crippen LogP contribution in [-0.4, -0.2) is 10.9 Å². The van der Waals surface area contributed by atoms with Crippen molar-refractivity contribution >= 4 is 16.8 Å². The fourth-order valence-corrected chi connectivity index (χ4v) is 1.48. The molecular weight excluding hydrogens is 176 g/mol. The highest BCUT2D eigenvalue weighted by atomic mass is 16.1. The summed E-state index contributed by atoms with van der Waals surface area (Å²) in [5, 5.41) is 1.11. The molecule has 1 amide bonds. The number of primary amides is 1. The van der Waals surface area contributed by atoms with Gasteiger partial charge < -0.3 is 10.7 Å². The predicted molar refractivity (Wildman–Crippen MR) is 55.9 cm³/mol. The third-order valence-corrected chi connectivity index (χ3v) is 2.44. The summed E-state index contributed by atoms with van der Waals surface area (Å²) >= 11 is 0. The topological polar surface area (TPSA) is 58.9 Å². The van der Waals surface area contributed by atoms with Crippen LogP contribution in [-0.2, 0) is 4.79 Å². The van der Waals surface area contributed by atoms with Crippen molar-refractivity contribution in [2.45, 2.75) is 12.8 Å². The first-order valence-electron chi connectivity index (χ1n) is 4.55. The molecule has 0 saturated heterocycles. The third-order valence-electron chi connectivity index (χ3n) is 2.44. The second-order valence-electron chi connectivity index (χ2n) is 3.44. The largest absolute Gasteiger partial charge is 0.369 e. The molecule has 3 heteroatoms. The van der Waals surface area contributed by atoms with Gasteiger partial charge in [-0.25, -0.2) is 0 Å². The third kappa shape index (κ3) is 1.37. The summed E-state index contributed by atoms with van der Waals surface area (Å²) < 4.78 is 0. The van der Waals surface area contributed by atoms with E-state index in [-0.39, 0.29) is 11.8 Å². The van der Waals surface area contributed by atoms with Gasteiger partial charge in [0.25, 0.3) is 0 Å². The van der Waals surface area contributed by atoms with Gasteiger partial charge in [0, 0.05) is 11.2 Å². The standard InChI is InChI=1S/C11H12N2O/c1-7(11(12)14)10-6-8-4-2-3-5-9(8)13-10/h2-7,13H,1H3,(H2,12,14). The molecule has 0 aliphatic rings. The molecule has 0 aliphatic heterocycles. The number of fused-ring (bicyclic) bond motifs is 1.